The molecule has 1 aromatic carbocycles. The molecule has 0 atom stereocenters. The monoisotopic (exact) mass is 209 g/mol. The SMILES string of the molecule is O=C(CO)CO.c1ccc2c(c1)CCN2. The van der Waals surface area contributed by atoms with Crippen LogP contribution in [0, 0.1) is 0 Å². The second-order valence-corrected chi connectivity index (χ2v) is 3.19. The van der Waals surface area contributed by atoms with E-state index >= 15 is 0 Å². The number of aliphatic hydroxyl groups is 2. The van der Waals surface area contributed by atoms with Crippen molar-refractivity contribution in [1.82, 2.24) is 0 Å². The van der Waals surface area contributed by atoms with Crippen molar-refractivity contribution in [2.75, 3.05) is 25.1 Å². The fourth-order valence-electron chi connectivity index (χ4n) is 1.29. The molecule has 1 aliphatic rings. The summed E-state index contributed by atoms with van der Waals surface area (Å²) in [6, 6.07) is 8.46. The Morgan fingerprint density at radius 2 is 1.93 bits per heavy atom. The van der Waals surface area contributed by atoms with Gasteiger partial charge < -0.3 is 15.5 Å². The molecule has 1 aliphatic heterocycles. The van der Waals surface area contributed by atoms with Crippen molar-refractivity contribution in [1.29, 1.82) is 0 Å². The first kappa shape index (κ1) is 11.7. The molecule has 15 heavy (non-hydrogen) atoms. The lowest BCUT2D eigenvalue weighted by molar-refractivity contribution is -0.124. The topological polar surface area (TPSA) is 69.6 Å². The van der Waals surface area contributed by atoms with E-state index in [9.17, 15) is 4.79 Å². The summed E-state index contributed by atoms with van der Waals surface area (Å²) in [5.74, 6) is -0.546. The number of nitrogens with one attached hydrogen (secondary N) is 1. The van der Waals surface area contributed by atoms with E-state index in [1.807, 2.05) is 0 Å². The van der Waals surface area contributed by atoms with E-state index in [1.165, 1.54) is 17.7 Å². The molecular formula is C11H15NO3. The van der Waals surface area contributed by atoms with E-state index in [0.29, 0.717) is 0 Å². The average Bonchev–Trinajstić information content (AvgIpc) is 2.76. The molecule has 0 spiro atoms. The molecule has 0 aromatic heterocycles. The summed E-state index contributed by atoms with van der Waals surface area (Å²) in [5, 5.41) is 19.0. The zero-order valence-electron chi connectivity index (χ0n) is 8.44. The Morgan fingerprint density at radius 1 is 1.27 bits per heavy atom. The summed E-state index contributed by atoms with van der Waals surface area (Å²) < 4.78 is 0. The molecule has 0 aliphatic carbocycles. The van der Waals surface area contributed by atoms with Gasteiger partial charge in [-0.05, 0) is 18.1 Å². The van der Waals surface area contributed by atoms with Gasteiger partial charge in [0.1, 0.15) is 13.2 Å². The lowest BCUT2D eigenvalue weighted by atomic mass is 10.2. The minimum Gasteiger partial charge on any atom is -0.388 e. The molecule has 3 N–H and O–H groups in total. The van der Waals surface area contributed by atoms with Gasteiger partial charge in [-0.15, -0.1) is 0 Å². The van der Waals surface area contributed by atoms with Crippen LogP contribution in [0.15, 0.2) is 24.3 Å². The molecule has 0 unspecified atom stereocenters. The van der Waals surface area contributed by atoms with Gasteiger partial charge >= 0.3 is 0 Å². The fourth-order valence-corrected chi connectivity index (χ4v) is 1.29. The molecule has 1 heterocycles. The van der Waals surface area contributed by atoms with Crippen LogP contribution in [0.25, 0.3) is 0 Å². The van der Waals surface area contributed by atoms with Gasteiger partial charge in [0.25, 0.3) is 0 Å². The molecule has 1 aromatic rings. The van der Waals surface area contributed by atoms with Gasteiger partial charge in [-0.2, -0.15) is 0 Å². The molecule has 0 radical (unpaired) electrons. The molecule has 2 rings (SSSR count). The Labute approximate surface area is 88.6 Å². The van der Waals surface area contributed by atoms with Crippen LogP contribution in [0.3, 0.4) is 0 Å². The number of hydrogen-bond acceptors (Lipinski definition) is 4. The summed E-state index contributed by atoms with van der Waals surface area (Å²) in [4.78, 5) is 9.68. The molecule has 0 saturated carbocycles. The van der Waals surface area contributed by atoms with E-state index in [4.69, 9.17) is 10.2 Å². The molecule has 0 bridgehead atoms. The first-order valence-corrected chi connectivity index (χ1v) is 4.83. The minimum atomic E-state index is -0.559. The number of fused-ring (bicyclic) bond motifs is 1. The summed E-state index contributed by atoms with van der Waals surface area (Å²) in [6.07, 6.45) is 1.19. The zero-order chi connectivity index (χ0) is 11.1. The van der Waals surface area contributed by atoms with Crippen molar-refractivity contribution >= 4 is 11.5 Å². The smallest absolute Gasteiger partial charge is 0.183 e. The minimum absolute atomic E-state index is 0.546. The predicted molar refractivity (Wildman–Crippen MR) is 57.8 cm³/mol. The number of aliphatic hydroxyl groups excluding tert-OH is 2. The van der Waals surface area contributed by atoms with Crippen LogP contribution in [-0.2, 0) is 11.2 Å². The van der Waals surface area contributed by atoms with Gasteiger partial charge in [-0.25, -0.2) is 0 Å². The van der Waals surface area contributed by atoms with Crippen molar-refractivity contribution in [3.63, 3.8) is 0 Å². The Hall–Kier alpha value is -1.39. The zero-order valence-corrected chi connectivity index (χ0v) is 8.44. The highest BCUT2D eigenvalue weighted by atomic mass is 16.3. The third-order valence-electron chi connectivity index (χ3n) is 2.08. The number of carbonyl (C=O) groups excluding carboxylic acids is 1. The van der Waals surface area contributed by atoms with Crippen molar-refractivity contribution in [3.8, 4) is 0 Å². The average molecular weight is 209 g/mol. The Balaban J connectivity index is 0.000000167. The van der Waals surface area contributed by atoms with Gasteiger partial charge in [0.05, 0.1) is 0 Å². The van der Waals surface area contributed by atoms with Crippen LogP contribution in [-0.4, -0.2) is 35.8 Å². The van der Waals surface area contributed by atoms with Gasteiger partial charge in [0, 0.05) is 12.2 Å². The third-order valence-corrected chi connectivity index (χ3v) is 2.08. The summed E-state index contributed by atoms with van der Waals surface area (Å²) >= 11 is 0. The van der Waals surface area contributed by atoms with Gasteiger partial charge in [-0.1, -0.05) is 18.2 Å². The van der Waals surface area contributed by atoms with Gasteiger partial charge in [0.15, 0.2) is 5.78 Å². The molecule has 4 nitrogen and oxygen atoms in total. The van der Waals surface area contributed by atoms with Crippen LogP contribution >= 0.6 is 0 Å². The Morgan fingerprint density at radius 3 is 2.47 bits per heavy atom. The predicted octanol–water partition coefficient (Wildman–Crippen LogP) is 0.195. The maximum absolute atomic E-state index is 9.68. The number of hydrogen-bond donors (Lipinski definition) is 3. The van der Waals surface area contributed by atoms with E-state index in [0.717, 1.165) is 6.54 Å². The summed E-state index contributed by atoms with van der Waals surface area (Å²) in [5.41, 5.74) is 2.77. The first-order valence-electron chi connectivity index (χ1n) is 4.83. The highest BCUT2D eigenvalue weighted by molar-refractivity contribution is 5.80. The highest BCUT2D eigenvalue weighted by Gasteiger charge is 2.05. The van der Waals surface area contributed by atoms with E-state index < -0.39 is 19.0 Å². The molecule has 0 saturated heterocycles. The van der Waals surface area contributed by atoms with Gasteiger partial charge in [0.2, 0.25) is 0 Å². The van der Waals surface area contributed by atoms with Crippen molar-refractivity contribution in [2.45, 2.75) is 6.42 Å². The molecule has 4 heteroatoms. The standard InChI is InChI=1S/C8H9N.C3H6O3/c1-2-4-8-7(3-1)5-6-9-8;4-1-3(6)2-5/h1-4,9H,5-6H2;4-5H,1-2H2. The second kappa shape index (κ2) is 6.16. The second-order valence-electron chi connectivity index (χ2n) is 3.19. The summed E-state index contributed by atoms with van der Waals surface area (Å²) in [6.45, 7) is -0.00759. The fraction of sp³-hybridized carbons (Fsp3) is 0.364. The number of para-hydroxylation sites is 1. The first-order chi connectivity index (χ1) is 7.27. The molecule has 0 amide bonds. The molecule has 82 valence electrons. The van der Waals surface area contributed by atoms with Crippen LogP contribution in [0.1, 0.15) is 5.56 Å². The maximum atomic E-state index is 9.68. The van der Waals surface area contributed by atoms with Crippen molar-refractivity contribution < 1.29 is 15.0 Å². The van der Waals surface area contributed by atoms with E-state index in [1.54, 1.807) is 0 Å². The number of ketones is 1. The Bertz CT molecular complexity index is 296. The quantitative estimate of drug-likeness (QED) is 0.650. The number of carbonyl (C=O) groups is 1. The van der Waals surface area contributed by atoms with Crippen LogP contribution in [0.2, 0.25) is 0 Å². The van der Waals surface area contributed by atoms with Crippen LogP contribution in [0.4, 0.5) is 5.69 Å². The number of anilines is 1. The van der Waals surface area contributed by atoms with Crippen LogP contribution in [0.5, 0.6) is 0 Å². The van der Waals surface area contributed by atoms with Crippen molar-refractivity contribution in [2.24, 2.45) is 0 Å². The number of Topliss-reactive ketones (excluding diaryl/α,β-unsaturated/α-hetero) is 1. The van der Waals surface area contributed by atoms with E-state index in [2.05, 4.69) is 29.6 Å². The highest BCUT2D eigenvalue weighted by Crippen LogP contribution is 2.19. The lowest BCUT2D eigenvalue weighted by Crippen LogP contribution is -2.07. The van der Waals surface area contributed by atoms with Crippen molar-refractivity contribution in [3.05, 3.63) is 29.8 Å². The van der Waals surface area contributed by atoms with E-state index in [-0.39, 0.29) is 0 Å². The Kier molecular flexibility index (Phi) is 4.80. The normalized spacial score (nSPS) is 12.1. The number of rotatable bonds is 2. The lowest BCUT2D eigenvalue weighted by Gasteiger charge is -1.94. The maximum Gasteiger partial charge on any atom is 0.183 e. The number of benzene rings is 1. The van der Waals surface area contributed by atoms with Gasteiger partial charge in [-0.3, -0.25) is 4.79 Å². The third kappa shape index (κ3) is 3.69. The molecular weight excluding hydrogens is 194 g/mol. The molecule has 0 fully saturated rings. The largest absolute Gasteiger partial charge is 0.388 e. The summed E-state index contributed by atoms with van der Waals surface area (Å²) in [7, 11) is 0. The van der Waals surface area contributed by atoms with Crippen LogP contribution < -0.4 is 5.32 Å².